The first-order valence-electron chi connectivity index (χ1n) is 7.73. The lowest BCUT2D eigenvalue weighted by Crippen LogP contribution is -2.57. The lowest BCUT2D eigenvalue weighted by atomic mass is 9.79. The van der Waals surface area contributed by atoms with Crippen LogP contribution in [0.1, 0.15) is 18.4 Å². The van der Waals surface area contributed by atoms with E-state index in [0.29, 0.717) is 5.56 Å². The summed E-state index contributed by atoms with van der Waals surface area (Å²) in [7, 11) is 1.25. The summed E-state index contributed by atoms with van der Waals surface area (Å²) >= 11 is 0. The summed E-state index contributed by atoms with van der Waals surface area (Å²) in [5.41, 5.74) is -1.74. The number of carboxylic acid groups (broad SMARTS) is 1. The van der Waals surface area contributed by atoms with Crippen molar-refractivity contribution in [2.24, 2.45) is 0 Å². The van der Waals surface area contributed by atoms with E-state index in [1.807, 2.05) is 0 Å². The second-order valence-corrected chi connectivity index (χ2v) is 6.07. The van der Waals surface area contributed by atoms with Crippen molar-refractivity contribution in [2.45, 2.75) is 36.8 Å². The van der Waals surface area contributed by atoms with Gasteiger partial charge in [0.15, 0.2) is 23.2 Å². The highest BCUT2D eigenvalue weighted by atomic mass is 16.6. The molecule has 4 atom stereocenters. The number of carbonyl (C=O) groups excluding carboxylic acids is 1. The number of phenols is 2. The van der Waals surface area contributed by atoms with Crippen molar-refractivity contribution in [3.63, 3.8) is 0 Å². The van der Waals surface area contributed by atoms with Gasteiger partial charge in [-0.2, -0.15) is 0 Å². The predicted octanol–water partition coefficient (Wildman–Crippen LogP) is 0.00820. The minimum Gasteiger partial charge on any atom is -0.504 e. The van der Waals surface area contributed by atoms with Gasteiger partial charge in [-0.1, -0.05) is 6.07 Å². The van der Waals surface area contributed by atoms with Crippen LogP contribution >= 0.6 is 0 Å². The van der Waals surface area contributed by atoms with Crippen LogP contribution in [-0.4, -0.2) is 68.5 Å². The van der Waals surface area contributed by atoms with E-state index in [0.717, 1.165) is 6.08 Å². The van der Waals surface area contributed by atoms with Crippen LogP contribution in [0.25, 0.3) is 6.08 Å². The van der Waals surface area contributed by atoms with Gasteiger partial charge in [0.1, 0.15) is 0 Å². The van der Waals surface area contributed by atoms with Crippen LogP contribution < -0.4 is 0 Å². The Kier molecular flexibility index (Phi) is 5.86. The molecule has 0 bridgehead atoms. The molecule has 0 amide bonds. The van der Waals surface area contributed by atoms with E-state index < -0.39 is 42.3 Å². The maximum Gasteiger partial charge on any atom is 0.335 e. The summed E-state index contributed by atoms with van der Waals surface area (Å²) in [5.74, 6) is -2.97. The SMILES string of the molecule is CO[C@@H]1C[C@](O)(C(=O)O)C[C@@H](O)[C@H]1OC(=O)/C=C/c1ccc(O)c(O)c1. The molecule has 26 heavy (non-hydrogen) atoms. The third kappa shape index (κ3) is 4.31. The first-order chi connectivity index (χ1) is 12.2. The summed E-state index contributed by atoms with van der Waals surface area (Å²) in [4.78, 5) is 23.1. The van der Waals surface area contributed by atoms with Crippen molar-refractivity contribution in [3.8, 4) is 11.5 Å². The van der Waals surface area contributed by atoms with E-state index in [-0.39, 0.29) is 17.9 Å². The lowest BCUT2D eigenvalue weighted by Gasteiger charge is -2.40. The number of aromatic hydroxyl groups is 2. The molecule has 9 nitrogen and oxygen atoms in total. The third-order valence-electron chi connectivity index (χ3n) is 4.20. The fourth-order valence-corrected chi connectivity index (χ4v) is 2.77. The summed E-state index contributed by atoms with van der Waals surface area (Å²) in [5, 5.41) is 47.8. The van der Waals surface area contributed by atoms with Crippen molar-refractivity contribution in [2.75, 3.05) is 7.11 Å². The van der Waals surface area contributed by atoms with Crippen LogP contribution in [0.4, 0.5) is 0 Å². The van der Waals surface area contributed by atoms with E-state index in [4.69, 9.17) is 14.6 Å². The number of carboxylic acids is 1. The van der Waals surface area contributed by atoms with Gasteiger partial charge in [0.2, 0.25) is 0 Å². The number of hydrogen-bond acceptors (Lipinski definition) is 8. The molecule has 0 spiro atoms. The molecular weight excluding hydrogens is 348 g/mol. The minimum absolute atomic E-state index is 0.302. The number of phenolic OH excluding ortho intramolecular Hbond substituents is 2. The molecule has 2 rings (SSSR count). The van der Waals surface area contributed by atoms with Crippen LogP contribution in [-0.2, 0) is 19.1 Å². The number of rotatable bonds is 5. The summed E-state index contributed by atoms with van der Waals surface area (Å²) in [6.07, 6.45) is -2.06. The number of carbonyl (C=O) groups is 2. The van der Waals surface area contributed by atoms with E-state index >= 15 is 0 Å². The molecular formula is C17H20O9. The smallest absolute Gasteiger partial charge is 0.335 e. The Balaban J connectivity index is 2.06. The third-order valence-corrected chi connectivity index (χ3v) is 4.20. The van der Waals surface area contributed by atoms with Gasteiger partial charge < -0.3 is 35.0 Å². The summed E-state index contributed by atoms with van der Waals surface area (Å²) < 4.78 is 10.2. The number of hydrogen-bond donors (Lipinski definition) is 5. The average Bonchev–Trinajstić information content (AvgIpc) is 2.58. The molecule has 0 unspecified atom stereocenters. The first-order valence-corrected chi connectivity index (χ1v) is 7.73. The Morgan fingerprint density at radius 3 is 2.50 bits per heavy atom. The zero-order valence-electron chi connectivity index (χ0n) is 13.9. The Morgan fingerprint density at radius 1 is 1.23 bits per heavy atom. The molecule has 0 heterocycles. The van der Waals surface area contributed by atoms with Crippen LogP contribution in [0.5, 0.6) is 11.5 Å². The van der Waals surface area contributed by atoms with Crippen molar-refractivity contribution in [1.29, 1.82) is 0 Å². The van der Waals surface area contributed by atoms with E-state index in [2.05, 4.69) is 0 Å². The lowest BCUT2D eigenvalue weighted by molar-refractivity contribution is -0.200. The highest BCUT2D eigenvalue weighted by Crippen LogP contribution is 2.32. The molecule has 1 aliphatic carbocycles. The first kappa shape index (κ1) is 19.7. The molecule has 1 aliphatic rings. The molecule has 0 aromatic heterocycles. The zero-order chi connectivity index (χ0) is 19.5. The van der Waals surface area contributed by atoms with Crippen LogP contribution in [0.3, 0.4) is 0 Å². The molecule has 142 valence electrons. The second-order valence-electron chi connectivity index (χ2n) is 6.07. The maximum absolute atomic E-state index is 12.0. The molecule has 1 saturated carbocycles. The molecule has 9 heteroatoms. The summed E-state index contributed by atoms with van der Waals surface area (Å²) in [6.45, 7) is 0. The number of aliphatic hydroxyl groups excluding tert-OH is 1. The van der Waals surface area contributed by atoms with Crippen molar-refractivity contribution in [3.05, 3.63) is 29.8 Å². The number of aliphatic carboxylic acids is 1. The normalized spacial score (nSPS) is 28.8. The summed E-state index contributed by atoms with van der Waals surface area (Å²) in [6, 6.07) is 3.94. The molecule has 1 aromatic carbocycles. The van der Waals surface area contributed by atoms with Gasteiger partial charge in [-0.15, -0.1) is 0 Å². The Hall–Kier alpha value is -2.62. The molecule has 1 fully saturated rings. The van der Waals surface area contributed by atoms with Gasteiger partial charge in [0, 0.05) is 26.0 Å². The monoisotopic (exact) mass is 368 g/mol. The Labute approximate surface area is 148 Å². The van der Waals surface area contributed by atoms with E-state index in [9.17, 15) is 30.0 Å². The Bertz CT molecular complexity index is 714. The largest absolute Gasteiger partial charge is 0.504 e. The minimum atomic E-state index is -2.16. The van der Waals surface area contributed by atoms with Gasteiger partial charge in [-0.3, -0.25) is 0 Å². The van der Waals surface area contributed by atoms with Crippen molar-refractivity contribution >= 4 is 18.0 Å². The highest BCUT2D eigenvalue weighted by Gasteiger charge is 2.51. The topological polar surface area (TPSA) is 154 Å². The average molecular weight is 368 g/mol. The number of esters is 1. The van der Waals surface area contributed by atoms with Gasteiger partial charge in [0.25, 0.3) is 0 Å². The van der Waals surface area contributed by atoms with Crippen LogP contribution in [0, 0.1) is 0 Å². The molecule has 5 N–H and O–H groups in total. The van der Waals surface area contributed by atoms with E-state index in [1.54, 1.807) is 0 Å². The maximum atomic E-state index is 12.0. The fraction of sp³-hybridized carbons (Fsp3) is 0.412. The second kappa shape index (κ2) is 7.73. The quantitative estimate of drug-likeness (QED) is 0.275. The Morgan fingerprint density at radius 2 is 1.92 bits per heavy atom. The molecule has 1 aromatic rings. The van der Waals surface area contributed by atoms with Crippen LogP contribution in [0.2, 0.25) is 0 Å². The highest BCUT2D eigenvalue weighted by molar-refractivity contribution is 5.87. The van der Waals surface area contributed by atoms with Gasteiger partial charge in [0.05, 0.1) is 12.2 Å². The van der Waals surface area contributed by atoms with Gasteiger partial charge in [-0.05, 0) is 23.8 Å². The van der Waals surface area contributed by atoms with Crippen molar-refractivity contribution < 1.29 is 44.6 Å². The predicted molar refractivity (Wildman–Crippen MR) is 87.3 cm³/mol. The zero-order valence-corrected chi connectivity index (χ0v) is 13.9. The number of ether oxygens (including phenoxy) is 2. The standard InChI is InChI=1S/C17H20O9/c1-25-13-8-17(24,16(22)23)7-12(20)15(13)26-14(21)5-3-9-2-4-10(18)11(19)6-9/h2-6,12-13,15,18-20,24H,7-8H2,1H3,(H,22,23)/b5-3+/t12-,13-,15-,17+/m1/s1. The molecule has 0 saturated heterocycles. The van der Waals surface area contributed by atoms with E-state index in [1.165, 1.54) is 31.4 Å². The van der Waals surface area contributed by atoms with Gasteiger partial charge in [-0.25, -0.2) is 9.59 Å². The van der Waals surface area contributed by atoms with Crippen LogP contribution in [0.15, 0.2) is 24.3 Å². The number of methoxy groups -OCH3 is 1. The fourth-order valence-electron chi connectivity index (χ4n) is 2.77. The number of aliphatic hydroxyl groups is 2. The van der Waals surface area contributed by atoms with Crippen molar-refractivity contribution in [1.82, 2.24) is 0 Å². The number of benzene rings is 1. The molecule has 0 radical (unpaired) electrons. The van der Waals surface area contributed by atoms with Gasteiger partial charge >= 0.3 is 11.9 Å². The molecule has 0 aliphatic heterocycles.